The van der Waals surface area contributed by atoms with Crippen molar-refractivity contribution in [1.82, 2.24) is 20.0 Å². The molecule has 0 amide bonds. The van der Waals surface area contributed by atoms with Crippen LogP contribution in [0.5, 0.6) is 0 Å². The highest BCUT2D eigenvalue weighted by Crippen LogP contribution is 2.20. The van der Waals surface area contributed by atoms with Crippen molar-refractivity contribution in [3.63, 3.8) is 0 Å². The van der Waals surface area contributed by atoms with Crippen molar-refractivity contribution >= 4 is 5.69 Å². The molecule has 0 unspecified atom stereocenters. The van der Waals surface area contributed by atoms with Crippen LogP contribution in [0.3, 0.4) is 0 Å². The van der Waals surface area contributed by atoms with E-state index in [1.807, 2.05) is 12.1 Å². The molecule has 0 N–H and O–H groups in total. The quantitative estimate of drug-likeness (QED) is 0.215. The van der Waals surface area contributed by atoms with Crippen LogP contribution in [-0.4, -0.2) is 24.9 Å². The van der Waals surface area contributed by atoms with Crippen LogP contribution in [0.15, 0.2) is 53.9 Å². The highest BCUT2D eigenvalue weighted by molar-refractivity contribution is 5.59. The number of rotatable bonds is 6. The smallest absolute Gasteiger partial charge is 0.259 e. The second-order valence-corrected chi connectivity index (χ2v) is 5.15. The number of aromatic nitrogens is 4. The van der Waals surface area contributed by atoms with Gasteiger partial charge in [0.2, 0.25) is 0 Å². The Hall–Kier alpha value is -3.78. The van der Waals surface area contributed by atoms with E-state index in [4.69, 9.17) is 14.4 Å². The summed E-state index contributed by atoms with van der Waals surface area (Å²) in [5.74, 6) is 0. The van der Waals surface area contributed by atoms with Crippen LogP contribution >= 0.6 is 0 Å². The lowest BCUT2D eigenvalue weighted by atomic mass is 10.1. The van der Waals surface area contributed by atoms with Crippen LogP contribution in [0.2, 0.25) is 0 Å². The minimum atomic E-state index is -0.447. The molecule has 0 fully saturated rings. The number of nitro groups is 1. The molecule has 25 heavy (non-hydrogen) atoms. The molecule has 3 aromatic rings. The lowest BCUT2D eigenvalue weighted by molar-refractivity contribution is -0.384. The Morgan fingerprint density at radius 3 is 2.76 bits per heavy atom. The first-order chi connectivity index (χ1) is 15.2. The predicted molar refractivity (Wildman–Crippen MR) is 96.8 cm³/mol. The maximum Gasteiger partial charge on any atom is 0.269 e. The summed E-state index contributed by atoms with van der Waals surface area (Å²) in [5.41, 5.74) is 11.3. The van der Waals surface area contributed by atoms with Gasteiger partial charge >= 0.3 is 0 Å². The van der Waals surface area contributed by atoms with E-state index in [1.165, 1.54) is 12.1 Å². The third-order valence-corrected chi connectivity index (χ3v) is 3.44. The number of azide groups is 1. The Balaban J connectivity index is 0. The van der Waals surface area contributed by atoms with Crippen LogP contribution in [0.25, 0.3) is 21.7 Å². The summed E-state index contributed by atoms with van der Waals surface area (Å²) in [6.45, 7) is 0.694. The highest BCUT2D eigenvalue weighted by atomic mass is 16.6. The first kappa shape index (κ1) is 12.6. The molecule has 0 aliphatic carbocycles. The number of hydrogen-bond acceptors (Lipinski definition) is 6. The van der Waals surface area contributed by atoms with Gasteiger partial charge in [-0.25, -0.2) is 4.68 Å². The van der Waals surface area contributed by atoms with Gasteiger partial charge in [-0.2, -0.15) is 0 Å². The Morgan fingerprint density at radius 1 is 1.32 bits per heavy atom. The third-order valence-electron chi connectivity index (χ3n) is 3.44. The van der Waals surface area contributed by atoms with E-state index in [0.717, 1.165) is 16.8 Å². The topological polar surface area (TPSA) is 136 Å². The maximum atomic E-state index is 10.7. The van der Waals surface area contributed by atoms with Crippen LogP contribution in [0, 0.1) is 10.1 Å². The van der Waals surface area contributed by atoms with Crippen molar-refractivity contribution in [1.29, 1.82) is 0 Å². The number of benzene rings is 1. The molecule has 0 spiro atoms. The van der Waals surface area contributed by atoms with E-state index < -0.39 is 4.92 Å². The summed E-state index contributed by atoms with van der Waals surface area (Å²) in [4.78, 5) is 17.2. The largest absolute Gasteiger partial charge is 0.269 e. The van der Waals surface area contributed by atoms with E-state index >= 15 is 0 Å². The Morgan fingerprint density at radius 2 is 2.12 bits per heavy atom. The Labute approximate surface area is 152 Å². The molecule has 0 saturated heterocycles. The minimum Gasteiger partial charge on any atom is -0.259 e. The molecule has 2 heterocycles. The second kappa shape index (κ2) is 7.20. The van der Waals surface area contributed by atoms with E-state index in [2.05, 4.69) is 25.3 Å². The average Bonchev–Trinajstić information content (AvgIpc) is 3.31. The van der Waals surface area contributed by atoms with Crippen LogP contribution in [-0.2, 0) is 13.1 Å². The van der Waals surface area contributed by atoms with Crippen molar-refractivity contribution in [2.45, 2.75) is 13.1 Å². The van der Waals surface area contributed by atoms with Crippen molar-refractivity contribution in [3.8, 4) is 11.3 Å². The number of pyridine rings is 1. The van der Waals surface area contributed by atoms with E-state index in [-0.39, 0.29) is 13.7 Å². The predicted octanol–water partition coefficient (Wildman–Crippen LogP) is 4.09. The lowest BCUT2D eigenvalue weighted by Gasteiger charge is -2.01. The molecule has 2 aromatic heterocycles. The van der Waals surface area contributed by atoms with Gasteiger partial charge in [-0.3, -0.25) is 15.1 Å². The maximum absolute atomic E-state index is 10.7. The molecule has 3 rings (SSSR count). The number of nitro benzene ring substituents is 1. The van der Waals surface area contributed by atoms with E-state index in [9.17, 15) is 10.1 Å². The number of hydrogen-bond donors (Lipinski definition) is 0. The molecule has 0 aliphatic heterocycles. The van der Waals surface area contributed by atoms with Gasteiger partial charge in [-0.05, 0) is 29.3 Å². The molecule has 10 nitrogen and oxygen atoms in total. The lowest BCUT2D eigenvalue weighted by Crippen LogP contribution is -2.02. The van der Waals surface area contributed by atoms with Gasteiger partial charge in [-0.1, -0.05) is 16.4 Å². The van der Waals surface area contributed by atoms with Crippen LogP contribution < -0.4 is 0 Å². The van der Waals surface area contributed by atoms with Crippen molar-refractivity contribution in [3.05, 3.63) is 80.6 Å². The first-order valence-corrected chi connectivity index (χ1v) is 7.25. The van der Waals surface area contributed by atoms with E-state index in [0.29, 0.717) is 12.2 Å². The van der Waals surface area contributed by atoms with Crippen molar-refractivity contribution in [2.75, 3.05) is 0 Å². The van der Waals surface area contributed by atoms with Crippen LogP contribution in [0.1, 0.15) is 21.6 Å². The molecule has 0 radical (unpaired) electrons. The zero-order valence-corrected chi connectivity index (χ0v) is 12.9. The summed E-state index contributed by atoms with van der Waals surface area (Å²) in [6, 6.07) is 9.79. The van der Waals surface area contributed by atoms with Gasteiger partial charge in [0.05, 0.1) is 29.9 Å². The standard InChI is InChI=1S/C15H12N8O2.4H2/c16-20-18-8-11-1-4-13(17-7-11)9-22-10-15(19-21-22)12-2-5-14(6-3-12)23(24)25;;;;/h1-7,10H,8-9H2;4*1H/i;3*1+2T;1+2. The molecule has 10 heteroatoms. The van der Waals surface area contributed by atoms with E-state index in [1.54, 1.807) is 29.2 Å². The molecule has 0 aliphatic rings. The molecular weight excluding hydrogens is 324 g/mol. The fourth-order valence-corrected chi connectivity index (χ4v) is 2.18. The minimum absolute atomic E-state index is 0. The zero-order chi connectivity index (χ0) is 23.6. The van der Waals surface area contributed by atoms with Gasteiger partial charge < -0.3 is 0 Å². The van der Waals surface area contributed by atoms with Crippen LogP contribution in [0.4, 0.5) is 5.69 Å². The monoisotopic (exact) mass is 358 g/mol. The summed E-state index contributed by atoms with van der Waals surface area (Å²) in [5, 5.41) is 22.3. The summed E-state index contributed by atoms with van der Waals surface area (Å²) >= 11 is 0. The fraction of sp³-hybridized carbons (Fsp3) is 0.133. The van der Waals surface area contributed by atoms with Gasteiger partial charge in [-0.15, -0.1) is 5.10 Å². The molecule has 0 saturated carbocycles. The molecule has 0 atom stereocenters. The SMILES string of the molecule is [3HH].[3H][3H].[3H][3H].[3H][3H].[N-]=[N+]=NCc1ccc(Cn2cc(-c3ccc([N+](=O)[O-])cc3)nn2)nc1. The molecule has 132 valence electrons. The van der Waals surface area contributed by atoms with Gasteiger partial charge in [0.15, 0.2) is 0 Å². The highest BCUT2D eigenvalue weighted by Gasteiger charge is 2.08. The summed E-state index contributed by atoms with van der Waals surface area (Å²) in [7, 11) is 0. The van der Waals surface area contributed by atoms with Gasteiger partial charge in [0.25, 0.3) is 5.69 Å². The fourth-order valence-electron chi connectivity index (χ4n) is 2.18. The van der Waals surface area contributed by atoms with Crippen molar-refractivity contribution in [2.24, 2.45) is 5.11 Å². The van der Waals surface area contributed by atoms with Crippen molar-refractivity contribution < 1.29 is 15.3 Å². The number of nitrogens with zero attached hydrogens (tertiary/aromatic N) is 8. The molecule has 0 bridgehead atoms. The Bertz CT molecular complexity index is 951. The third kappa shape index (κ3) is 3.95. The molecular formula is C15H20N8O2. The summed E-state index contributed by atoms with van der Waals surface area (Å²) in [6.07, 6.45) is 3.40. The van der Waals surface area contributed by atoms with Gasteiger partial charge in [0, 0.05) is 39.1 Å². The summed E-state index contributed by atoms with van der Waals surface area (Å²) < 4.78 is 31.6. The second-order valence-electron chi connectivity index (χ2n) is 5.15. The number of non-ortho nitro benzene ring substituents is 1. The molecule has 1 aromatic carbocycles. The Kier molecular flexibility index (Phi) is 3.63. The zero-order valence-electron chi connectivity index (χ0n) is 18.9. The first-order valence-electron chi connectivity index (χ1n) is 10.3. The van der Waals surface area contributed by atoms with Gasteiger partial charge in [0.1, 0.15) is 5.69 Å². The average molecular weight is 358 g/mol. The normalized spacial score (nSPS) is 11.2.